The van der Waals surface area contributed by atoms with Crippen LogP contribution in [0.2, 0.25) is 0 Å². The molecule has 0 fully saturated rings. The highest BCUT2D eigenvalue weighted by atomic mass is 32.1. The van der Waals surface area contributed by atoms with Gasteiger partial charge in [-0.3, -0.25) is 14.9 Å². The molecule has 5 heteroatoms. The SMILES string of the molecule is CC(=O)Cc1cc([N+](=O)[O-])ccc1S. The highest BCUT2D eigenvalue weighted by Crippen LogP contribution is 2.21. The van der Waals surface area contributed by atoms with Crippen molar-refractivity contribution in [2.45, 2.75) is 18.2 Å². The van der Waals surface area contributed by atoms with Gasteiger partial charge < -0.3 is 0 Å². The Morgan fingerprint density at radius 2 is 2.21 bits per heavy atom. The molecule has 0 bridgehead atoms. The van der Waals surface area contributed by atoms with Crippen LogP contribution in [-0.2, 0) is 11.2 Å². The molecule has 0 N–H and O–H groups in total. The fourth-order valence-corrected chi connectivity index (χ4v) is 1.31. The minimum absolute atomic E-state index is 0.0148. The van der Waals surface area contributed by atoms with Gasteiger partial charge in [-0.1, -0.05) is 0 Å². The Morgan fingerprint density at radius 3 is 2.71 bits per heavy atom. The summed E-state index contributed by atoms with van der Waals surface area (Å²) in [7, 11) is 0. The van der Waals surface area contributed by atoms with Crippen LogP contribution in [-0.4, -0.2) is 10.7 Å². The molecule has 0 spiro atoms. The number of benzene rings is 1. The molecule has 0 aliphatic rings. The maximum absolute atomic E-state index is 10.8. The molecule has 1 rings (SSSR count). The first kappa shape index (κ1) is 10.7. The minimum Gasteiger partial charge on any atom is -0.300 e. The van der Waals surface area contributed by atoms with Crippen LogP contribution in [0, 0.1) is 10.1 Å². The van der Waals surface area contributed by atoms with Crippen LogP contribution >= 0.6 is 12.6 Å². The van der Waals surface area contributed by atoms with E-state index < -0.39 is 4.92 Å². The average molecular weight is 211 g/mol. The van der Waals surface area contributed by atoms with E-state index in [2.05, 4.69) is 12.6 Å². The van der Waals surface area contributed by atoms with E-state index in [0.29, 0.717) is 10.5 Å². The largest absolute Gasteiger partial charge is 0.300 e. The third kappa shape index (κ3) is 2.56. The number of carbonyl (C=O) groups excluding carboxylic acids is 1. The van der Waals surface area contributed by atoms with E-state index in [0.717, 1.165) is 0 Å². The molecule has 0 heterocycles. The molecule has 74 valence electrons. The first-order valence-electron chi connectivity index (χ1n) is 3.96. The number of thiol groups is 1. The molecule has 1 aromatic carbocycles. The van der Waals surface area contributed by atoms with Gasteiger partial charge in [-0.25, -0.2) is 0 Å². The Morgan fingerprint density at radius 1 is 1.57 bits per heavy atom. The van der Waals surface area contributed by atoms with E-state index in [1.165, 1.54) is 25.1 Å². The van der Waals surface area contributed by atoms with Gasteiger partial charge in [0, 0.05) is 23.4 Å². The lowest BCUT2D eigenvalue weighted by Crippen LogP contribution is -1.98. The van der Waals surface area contributed by atoms with Crippen molar-refractivity contribution in [1.29, 1.82) is 0 Å². The lowest BCUT2D eigenvalue weighted by molar-refractivity contribution is -0.385. The third-order valence-corrected chi connectivity index (χ3v) is 2.15. The summed E-state index contributed by atoms with van der Waals surface area (Å²) >= 11 is 4.11. The number of nitro benzene ring substituents is 1. The molecule has 0 amide bonds. The lowest BCUT2D eigenvalue weighted by atomic mass is 10.1. The predicted octanol–water partition coefficient (Wildman–Crippen LogP) is 2.02. The van der Waals surface area contributed by atoms with E-state index in [1.54, 1.807) is 0 Å². The van der Waals surface area contributed by atoms with Crippen LogP contribution in [0.25, 0.3) is 0 Å². The Balaban J connectivity index is 3.08. The van der Waals surface area contributed by atoms with Crippen LogP contribution in [0.1, 0.15) is 12.5 Å². The lowest BCUT2D eigenvalue weighted by Gasteiger charge is -2.01. The normalized spacial score (nSPS) is 9.86. The summed E-state index contributed by atoms with van der Waals surface area (Å²) in [5.74, 6) is -0.0409. The zero-order valence-corrected chi connectivity index (χ0v) is 8.45. The van der Waals surface area contributed by atoms with Crippen LogP contribution in [0.15, 0.2) is 23.1 Å². The molecule has 0 unspecified atom stereocenters. The third-order valence-electron chi connectivity index (χ3n) is 1.71. The highest BCUT2D eigenvalue weighted by Gasteiger charge is 2.09. The highest BCUT2D eigenvalue weighted by molar-refractivity contribution is 7.80. The maximum Gasteiger partial charge on any atom is 0.269 e. The number of carbonyl (C=O) groups is 1. The molecular formula is C9H9NO3S. The summed E-state index contributed by atoms with van der Waals surface area (Å²) in [6.07, 6.45) is 0.181. The average Bonchev–Trinajstić information content (AvgIpc) is 2.07. The van der Waals surface area contributed by atoms with Crippen molar-refractivity contribution in [1.82, 2.24) is 0 Å². The summed E-state index contributed by atoms with van der Waals surface area (Å²) in [6, 6.07) is 4.27. The van der Waals surface area contributed by atoms with Gasteiger partial charge in [-0.05, 0) is 18.6 Å². The number of hydrogen-bond donors (Lipinski definition) is 1. The molecule has 0 saturated carbocycles. The molecule has 0 aliphatic heterocycles. The van der Waals surface area contributed by atoms with Crippen LogP contribution < -0.4 is 0 Å². The predicted molar refractivity (Wildman–Crippen MR) is 54.7 cm³/mol. The second kappa shape index (κ2) is 4.23. The Hall–Kier alpha value is -1.36. The quantitative estimate of drug-likeness (QED) is 0.472. The topological polar surface area (TPSA) is 60.2 Å². The monoisotopic (exact) mass is 211 g/mol. The molecule has 1 aromatic rings. The first-order chi connectivity index (χ1) is 6.50. The van der Waals surface area contributed by atoms with Gasteiger partial charge >= 0.3 is 0 Å². The molecule has 0 saturated heterocycles. The minimum atomic E-state index is -0.489. The Labute approximate surface area is 86.5 Å². The molecule has 0 aliphatic carbocycles. The van der Waals surface area contributed by atoms with Crippen molar-refractivity contribution in [2.24, 2.45) is 0 Å². The van der Waals surface area contributed by atoms with Crippen LogP contribution in [0.4, 0.5) is 5.69 Å². The summed E-state index contributed by atoms with van der Waals surface area (Å²) in [6.45, 7) is 1.44. The fourth-order valence-electron chi connectivity index (χ4n) is 1.10. The van der Waals surface area contributed by atoms with Crippen molar-refractivity contribution >= 4 is 24.1 Å². The fraction of sp³-hybridized carbons (Fsp3) is 0.222. The number of nitro groups is 1. The summed E-state index contributed by atoms with van der Waals surface area (Å²) in [4.78, 5) is 21.4. The van der Waals surface area contributed by atoms with Crippen molar-refractivity contribution in [3.8, 4) is 0 Å². The standard InChI is InChI=1S/C9H9NO3S/c1-6(11)4-7-5-8(10(12)13)2-3-9(7)14/h2-3,5,14H,4H2,1H3. The number of nitrogens with zero attached hydrogens (tertiary/aromatic N) is 1. The zero-order valence-electron chi connectivity index (χ0n) is 7.56. The van der Waals surface area contributed by atoms with Crippen molar-refractivity contribution < 1.29 is 9.72 Å². The van der Waals surface area contributed by atoms with Gasteiger partial charge in [0.15, 0.2) is 0 Å². The number of rotatable bonds is 3. The molecular weight excluding hydrogens is 202 g/mol. The number of ketones is 1. The van der Waals surface area contributed by atoms with E-state index in [1.807, 2.05) is 0 Å². The zero-order chi connectivity index (χ0) is 10.7. The molecule has 0 aromatic heterocycles. The van der Waals surface area contributed by atoms with Crippen LogP contribution in [0.5, 0.6) is 0 Å². The summed E-state index contributed by atoms with van der Waals surface area (Å²) < 4.78 is 0. The second-order valence-corrected chi connectivity index (χ2v) is 3.43. The van der Waals surface area contributed by atoms with E-state index in [9.17, 15) is 14.9 Å². The van der Waals surface area contributed by atoms with Gasteiger partial charge in [0.05, 0.1) is 4.92 Å². The Bertz CT molecular complexity index is 390. The summed E-state index contributed by atoms with van der Waals surface area (Å²) in [5, 5.41) is 10.4. The van der Waals surface area contributed by atoms with Gasteiger partial charge in [0.1, 0.15) is 5.78 Å². The van der Waals surface area contributed by atoms with Crippen LogP contribution in [0.3, 0.4) is 0 Å². The van der Waals surface area contributed by atoms with Gasteiger partial charge in [0.2, 0.25) is 0 Å². The van der Waals surface area contributed by atoms with Crippen molar-refractivity contribution in [2.75, 3.05) is 0 Å². The molecule has 4 nitrogen and oxygen atoms in total. The number of hydrogen-bond acceptors (Lipinski definition) is 4. The van der Waals surface area contributed by atoms with E-state index in [-0.39, 0.29) is 17.9 Å². The van der Waals surface area contributed by atoms with Crippen molar-refractivity contribution in [3.63, 3.8) is 0 Å². The summed E-state index contributed by atoms with van der Waals surface area (Å²) in [5.41, 5.74) is 0.578. The smallest absolute Gasteiger partial charge is 0.269 e. The van der Waals surface area contributed by atoms with E-state index >= 15 is 0 Å². The van der Waals surface area contributed by atoms with E-state index in [4.69, 9.17) is 0 Å². The Kier molecular flexibility index (Phi) is 3.24. The van der Waals surface area contributed by atoms with Crippen molar-refractivity contribution in [3.05, 3.63) is 33.9 Å². The number of non-ortho nitro benzene ring substituents is 1. The molecule has 0 atom stereocenters. The first-order valence-corrected chi connectivity index (χ1v) is 4.41. The van der Waals surface area contributed by atoms with Gasteiger partial charge in [-0.15, -0.1) is 12.6 Å². The number of Topliss-reactive ketones (excluding diaryl/α,β-unsaturated/α-hetero) is 1. The van der Waals surface area contributed by atoms with Gasteiger partial charge in [0.25, 0.3) is 5.69 Å². The maximum atomic E-state index is 10.8. The molecule has 0 radical (unpaired) electrons. The van der Waals surface area contributed by atoms with Gasteiger partial charge in [-0.2, -0.15) is 0 Å². The second-order valence-electron chi connectivity index (χ2n) is 2.95. The molecule has 14 heavy (non-hydrogen) atoms.